The molecule has 2 aromatic heterocycles. The maximum Gasteiger partial charge on any atom is 0.274 e. The molecule has 2 aromatic rings. The Morgan fingerprint density at radius 3 is 3.07 bits per heavy atom. The number of nitrogens with one attached hydrogen (secondary N) is 1. The Labute approximate surface area is 86.2 Å². The third-order valence-corrected chi connectivity index (χ3v) is 2.69. The molecule has 1 N–H and O–H groups in total. The van der Waals surface area contributed by atoms with E-state index in [4.69, 9.17) is 0 Å². The molecule has 0 unspecified atom stereocenters. The van der Waals surface area contributed by atoms with E-state index in [2.05, 4.69) is 15.1 Å². The number of aryl methyl sites for hydroxylation is 1. The van der Waals surface area contributed by atoms with Gasteiger partial charge in [0.1, 0.15) is 5.82 Å². The van der Waals surface area contributed by atoms with Gasteiger partial charge in [0.15, 0.2) is 0 Å². The van der Waals surface area contributed by atoms with Crippen molar-refractivity contribution < 1.29 is 0 Å². The first-order chi connectivity index (χ1) is 7.22. The number of aromatic nitrogens is 4. The van der Waals surface area contributed by atoms with E-state index >= 15 is 0 Å². The molecule has 0 radical (unpaired) electrons. The van der Waals surface area contributed by atoms with Crippen LogP contribution in [0.4, 0.5) is 0 Å². The molecular formula is C10H12N4O. The molecule has 1 saturated carbocycles. The Kier molecular flexibility index (Phi) is 1.68. The van der Waals surface area contributed by atoms with E-state index in [0.717, 1.165) is 18.0 Å². The monoisotopic (exact) mass is 204 g/mol. The van der Waals surface area contributed by atoms with E-state index in [1.165, 1.54) is 17.4 Å². The Balaban J connectivity index is 2.12. The largest absolute Gasteiger partial charge is 0.275 e. The quantitative estimate of drug-likeness (QED) is 0.782. The van der Waals surface area contributed by atoms with Crippen molar-refractivity contribution >= 4 is 5.78 Å². The lowest BCUT2D eigenvalue weighted by atomic mass is 10.2. The van der Waals surface area contributed by atoms with Crippen molar-refractivity contribution in [2.45, 2.75) is 26.2 Å². The number of H-pyrrole nitrogens is 1. The molecule has 1 aliphatic carbocycles. The average Bonchev–Trinajstić information content (AvgIpc) is 2.87. The average molecular weight is 204 g/mol. The van der Waals surface area contributed by atoms with Crippen LogP contribution in [0.3, 0.4) is 0 Å². The van der Waals surface area contributed by atoms with E-state index in [-0.39, 0.29) is 5.56 Å². The van der Waals surface area contributed by atoms with Gasteiger partial charge in [-0.15, -0.1) is 0 Å². The Bertz CT molecular complexity index is 564. The minimum atomic E-state index is -0.0729. The number of hydrogen-bond donors (Lipinski definition) is 1. The van der Waals surface area contributed by atoms with Crippen LogP contribution >= 0.6 is 0 Å². The highest BCUT2D eigenvalue weighted by Gasteiger charge is 2.22. The van der Waals surface area contributed by atoms with Crippen LogP contribution in [0.2, 0.25) is 0 Å². The molecule has 0 amide bonds. The van der Waals surface area contributed by atoms with Crippen molar-refractivity contribution in [2.24, 2.45) is 5.92 Å². The zero-order chi connectivity index (χ0) is 10.4. The molecule has 0 spiro atoms. The SMILES string of the molecule is Cc1nc2nc(CC3CC3)cc(=O)n2[nH]1. The molecule has 0 saturated heterocycles. The lowest BCUT2D eigenvalue weighted by molar-refractivity contribution is 0.785. The first kappa shape index (κ1) is 8.64. The van der Waals surface area contributed by atoms with Gasteiger partial charge in [0.2, 0.25) is 0 Å². The molecule has 2 heterocycles. The van der Waals surface area contributed by atoms with E-state index in [9.17, 15) is 4.79 Å². The van der Waals surface area contributed by atoms with Gasteiger partial charge in [-0.2, -0.15) is 9.50 Å². The van der Waals surface area contributed by atoms with Crippen LogP contribution in [-0.4, -0.2) is 19.6 Å². The Morgan fingerprint density at radius 1 is 1.53 bits per heavy atom. The molecule has 5 nitrogen and oxygen atoms in total. The van der Waals surface area contributed by atoms with Crippen LogP contribution < -0.4 is 5.56 Å². The van der Waals surface area contributed by atoms with Gasteiger partial charge in [-0.3, -0.25) is 9.89 Å². The molecule has 5 heteroatoms. The smallest absolute Gasteiger partial charge is 0.274 e. The highest BCUT2D eigenvalue weighted by atomic mass is 16.1. The molecule has 1 fully saturated rings. The van der Waals surface area contributed by atoms with E-state index in [1.54, 1.807) is 6.07 Å². The fourth-order valence-electron chi connectivity index (χ4n) is 1.76. The second-order valence-electron chi connectivity index (χ2n) is 4.18. The number of hydrogen-bond acceptors (Lipinski definition) is 3. The van der Waals surface area contributed by atoms with Gasteiger partial charge in [0, 0.05) is 6.07 Å². The van der Waals surface area contributed by atoms with Gasteiger partial charge >= 0.3 is 0 Å². The number of fused-ring (bicyclic) bond motifs is 1. The molecule has 0 bridgehead atoms. The van der Waals surface area contributed by atoms with Gasteiger partial charge < -0.3 is 0 Å². The molecule has 15 heavy (non-hydrogen) atoms. The van der Waals surface area contributed by atoms with Gasteiger partial charge in [-0.1, -0.05) is 0 Å². The fraction of sp³-hybridized carbons (Fsp3) is 0.500. The summed E-state index contributed by atoms with van der Waals surface area (Å²) in [7, 11) is 0. The second kappa shape index (κ2) is 2.92. The van der Waals surface area contributed by atoms with E-state index in [0.29, 0.717) is 11.6 Å². The molecular weight excluding hydrogens is 192 g/mol. The summed E-state index contributed by atoms with van der Waals surface area (Å²) in [6.07, 6.45) is 3.44. The van der Waals surface area contributed by atoms with E-state index < -0.39 is 0 Å². The molecule has 0 aliphatic heterocycles. The highest BCUT2D eigenvalue weighted by molar-refractivity contribution is 5.28. The predicted octanol–water partition coefficient (Wildman–Crippen LogP) is 0.679. The van der Waals surface area contributed by atoms with Crippen LogP contribution in [0.25, 0.3) is 5.78 Å². The minimum Gasteiger partial charge on any atom is -0.275 e. The summed E-state index contributed by atoms with van der Waals surface area (Å²) in [5, 5.41) is 2.85. The topological polar surface area (TPSA) is 63.1 Å². The van der Waals surface area contributed by atoms with Crippen molar-refractivity contribution in [3.8, 4) is 0 Å². The maximum atomic E-state index is 11.7. The van der Waals surface area contributed by atoms with Crippen LogP contribution in [0.1, 0.15) is 24.4 Å². The van der Waals surface area contributed by atoms with Crippen LogP contribution in [0, 0.1) is 12.8 Å². The Hall–Kier alpha value is -1.65. The summed E-state index contributed by atoms with van der Waals surface area (Å²) in [4.78, 5) is 20.2. The van der Waals surface area contributed by atoms with Crippen molar-refractivity contribution in [1.29, 1.82) is 0 Å². The minimum absolute atomic E-state index is 0.0729. The van der Waals surface area contributed by atoms with Crippen molar-refractivity contribution in [3.05, 3.63) is 27.9 Å². The lowest BCUT2D eigenvalue weighted by Gasteiger charge is -1.97. The highest BCUT2D eigenvalue weighted by Crippen LogP contribution is 2.31. The van der Waals surface area contributed by atoms with Crippen LogP contribution in [-0.2, 0) is 6.42 Å². The summed E-state index contributed by atoms with van der Waals surface area (Å²) < 4.78 is 1.38. The predicted molar refractivity (Wildman–Crippen MR) is 54.8 cm³/mol. The molecule has 0 aromatic carbocycles. The van der Waals surface area contributed by atoms with Crippen molar-refractivity contribution in [1.82, 2.24) is 19.6 Å². The normalized spacial score (nSPS) is 16.1. The molecule has 1 aliphatic rings. The summed E-state index contributed by atoms with van der Waals surface area (Å²) in [6, 6.07) is 1.60. The van der Waals surface area contributed by atoms with Crippen LogP contribution in [0.5, 0.6) is 0 Å². The number of rotatable bonds is 2. The van der Waals surface area contributed by atoms with Gasteiger partial charge in [-0.25, -0.2) is 4.98 Å². The fourth-order valence-corrected chi connectivity index (χ4v) is 1.76. The third kappa shape index (κ3) is 1.54. The lowest BCUT2D eigenvalue weighted by Crippen LogP contribution is -2.16. The summed E-state index contributed by atoms with van der Waals surface area (Å²) in [5.74, 6) is 1.93. The van der Waals surface area contributed by atoms with Crippen LogP contribution in [0.15, 0.2) is 10.9 Å². The van der Waals surface area contributed by atoms with Crippen molar-refractivity contribution in [3.63, 3.8) is 0 Å². The summed E-state index contributed by atoms with van der Waals surface area (Å²) in [5.41, 5.74) is 0.797. The van der Waals surface area contributed by atoms with Gasteiger partial charge in [0.25, 0.3) is 11.3 Å². The number of nitrogens with zero attached hydrogens (tertiary/aromatic N) is 3. The first-order valence-corrected chi connectivity index (χ1v) is 5.18. The standard InChI is InChI=1S/C10H12N4O/c1-6-11-10-12-8(4-7-2-3-7)5-9(15)14(10)13-6/h5,7H,2-4H2,1H3,(H,11,12,13). The molecule has 78 valence electrons. The zero-order valence-corrected chi connectivity index (χ0v) is 8.53. The van der Waals surface area contributed by atoms with Gasteiger partial charge in [0.05, 0.1) is 5.69 Å². The molecule has 3 rings (SSSR count). The van der Waals surface area contributed by atoms with E-state index in [1.807, 2.05) is 6.92 Å². The zero-order valence-electron chi connectivity index (χ0n) is 8.53. The summed E-state index contributed by atoms with van der Waals surface area (Å²) in [6.45, 7) is 1.81. The molecule has 0 atom stereocenters. The van der Waals surface area contributed by atoms with Crippen molar-refractivity contribution in [2.75, 3.05) is 0 Å². The summed E-state index contributed by atoms with van der Waals surface area (Å²) >= 11 is 0. The third-order valence-electron chi connectivity index (χ3n) is 2.69. The second-order valence-corrected chi connectivity index (χ2v) is 4.18. The number of aromatic amines is 1. The maximum absolute atomic E-state index is 11.7. The van der Waals surface area contributed by atoms with Gasteiger partial charge in [-0.05, 0) is 32.1 Å². The Morgan fingerprint density at radius 2 is 2.33 bits per heavy atom. The first-order valence-electron chi connectivity index (χ1n) is 5.18.